The zero-order valence-electron chi connectivity index (χ0n) is 9.70. The zero-order valence-corrected chi connectivity index (χ0v) is 12.0. The maximum Gasteiger partial charge on any atom is 0.163 e. The van der Waals surface area contributed by atoms with E-state index in [0.29, 0.717) is 17.0 Å². The number of halogens is 2. The lowest BCUT2D eigenvalue weighted by molar-refractivity contribution is 0.0983. The fourth-order valence-electron chi connectivity index (χ4n) is 1.72. The van der Waals surface area contributed by atoms with Crippen molar-refractivity contribution in [1.82, 2.24) is 0 Å². The summed E-state index contributed by atoms with van der Waals surface area (Å²) in [5, 5.41) is 0.601. The molecule has 0 saturated heterocycles. The van der Waals surface area contributed by atoms with Gasteiger partial charge in [0.25, 0.3) is 0 Å². The Morgan fingerprint density at radius 2 is 1.83 bits per heavy atom. The molecule has 0 saturated carbocycles. The molecule has 0 N–H and O–H groups in total. The van der Waals surface area contributed by atoms with Crippen LogP contribution in [0.4, 0.5) is 0 Å². The molecular weight excluding hydrogens is 312 g/mol. The summed E-state index contributed by atoms with van der Waals surface area (Å²) in [5.74, 6) is 0.125. The van der Waals surface area contributed by atoms with Gasteiger partial charge in [-0.2, -0.15) is 0 Å². The molecule has 0 aliphatic rings. The predicted molar refractivity (Wildman–Crippen MR) is 78.2 cm³/mol. The summed E-state index contributed by atoms with van der Waals surface area (Å²) in [6.07, 6.45) is 1.25. The van der Waals surface area contributed by atoms with Gasteiger partial charge < -0.3 is 0 Å². The van der Waals surface area contributed by atoms with Crippen molar-refractivity contribution in [3.63, 3.8) is 0 Å². The van der Waals surface area contributed by atoms with Gasteiger partial charge in [0.05, 0.1) is 0 Å². The molecule has 0 unspecified atom stereocenters. The largest absolute Gasteiger partial charge is 0.294 e. The molecule has 0 amide bonds. The molecule has 0 heterocycles. The Balaban J connectivity index is 1.98. The highest BCUT2D eigenvalue weighted by molar-refractivity contribution is 9.10. The van der Waals surface area contributed by atoms with Crippen LogP contribution in [-0.4, -0.2) is 5.78 Å². The molecule has 0 atom stereocenters. The average Bonchev–Trinajstić information content (AvgIpc) is 2.38. The van der Waals surface area contributed by atoms with Crippen LogP contribution in [0.2, 0.25) is 5.02 Å². The standard InChI is InChI=1S/C15H12BrClO/c16-13-7-4-11(5-8-13)6-9-15(18)12-2-1-3-14(17)10-12/h1-5,7-8,10H,6,9H2. The molecule has 18 heavy (non-hydrogen) atoms. The Labute approximate surface area is 120 Å². The Kier molecular flexibility index (Phi) is 4.56. The topological polar surface area (TPSA) is 17.1 Å². The normalized spacial score (nSPS) is 10.3. The Morgan fingerprint density at radius 1 is 1.11 bits per heavy atom. The van der Waals surface area contributed by atoms with E-state index in [4.69, 9.17) is 11.6 Å². The second kappa shape index (κ2) is 6.17. The molecule has 0 fully saturated rings. The highest BCUT2D eigenvalue weighted by Crippen LogP contribution is 2.15. The maximum atomic E-state index is 12.0. The van der Waals surface area contributed by atoms with Gasteiger partial charge >= 0.3 is 0 Å². The van der Waals surface area contributed by atoms with E-state index in [1.165, 1.54) is 0 Å². The molecular formula is C15H12BrClO. The van der Waals surface area contributed by atoms with E-state index in [1.54, 1.807) is 24.3 Å². The minimum Gasteiger partial charge on any atom is -0.294 e. The van der Waals surface area contributed by atoms with Gasteiger partial charge in [0.15, 0.2) is 5.78 Å². The van der Waals surface area contributed by atoms with Gasteiger partial charge in [-0.3, -0.25) is 4.79 Å². The molecule has 2 aromatic carbocycles. The second-order valence-electron chi connectivity index (χ2n) is 4.06. The Hall–Kier alpha value is -1.12. The summed E-state index contributed by atoms with van der Waals surface area (Å²) in [6.45, 7) is 0. The van der Waals surface area contributed by atoms with Crippen molar-refractivity contribution in [2.45, 2.75) is 12.8 Å². The van der Waals surface area contributed by atoms with Crippen LogP contribution in [-0.2, 0) is 6.42 Å². The van der Waals surface area contributed by atoms with E-state index in [-0.39, 0.29) is 5.78 Å². The SMILES string of the molecule is O=C(CCc1ccc(Br)cc1)c1cccc(Cl)c1. The second-order valence-corrected chi connectivity index (χ2v) is 5.41. The van der Waals surface area contributed by atoms with Crippen molar-refractivity contribution in [1.29, 1.82) is 0 Å². The fraction of sp³-hybridized carbons (Fsp3) is 0.133. The minimum absolute atomic E-state index is 0.125. The molecule has 0 spiro atoms. The number of carbonyl (C=O) groups is 1. The van der Waals surface area contributed by atoms with Crippen molar-refractivity contribution in [3.05, 3.63) is 69.2 Å². The van der Waals surface area contributed by atoms with E-state index in [2.05, 4.69) is 15.9 Å². The smallest absolute Gasteiger partial charge is 0.163 e. The number of rotatable bonds is 4. The summed E-state index contributed by atoms with van der Waals surface area (Å²) in [7, 11) is 0. The van der Waals surface area contributed by atoms with Crippen molar-refractivity contribution in [2.24, 2.45) is 0 Å². The average molecular weight is 324 g/mol. The highest BCUT2D eigenvalue weighted by atomic mass is 79.9. The highest BCUT2D eigenvalue weighted by Gasteiger charge is 2.06. The quantitative estimate of drug-likeness (QED) is 0.730. The van der Waals surface area contributed by atoms with Crippen LogP contribution in [0.25, 0.3) is 0 Å². The van der Waals surface area contributed by atoms with Gasteiger partial charge in [-0.25, -0.2) is 0 Å². The van der Waals surface area contributed by atoms with Crippen molar-refractivity contribution >= 4 is 33.3 Å². The van der Waals surface area contributed by atoms with Crippen molar-refractivity contribution in [3.8, 4) is 0 Å². The molecule has 1 nitrogen and oxygen atoms in total. The zero-order chi connectivity index (χ0) is 13.0. The summed E-state index contributed by atoms with van der Waals surface area (Å²) in [6, 6.07) is 15.1. The molecule has 0 radical (unpaired) electrons. The predicted octanol–water partition coefficient (Wildman–Crippen LogP) is 4.92. The summed E-state index contributed by atoms with van der Waals surface area (Å²) >= 11 is 9.25. The third kappa shape index (κ3) is 3.69. The van der Waals surface area contributed by atoms with Crippen LogP contribution < -0.4 is 0 Å². The number of carbonyl (C=O) groups excluding carboxylic acids is 1. The van der Waals surface area contributed by atoms with Crippen LogP contribution in [0, 0.1) is 0 Å². The lowest BCUT2D eigenvalue weighted by atomic mass is 10.0. The summed E-state index contributed by atoms with van der Waals surface area (Å²) < 4.78 is 1.05. The van der Waals surface area contributed by atoms with E-state index >= 15 is 0 Å². The molecule has 92 valence electrons. The molecule has 0 aliphatic carbocycles. The molecule has 0 aromatic heterocycles. The number of ketones is 1. The maximum absolute atomic E-state index is 12.0. The van der Waals surface area contributed by atoms with Crippen LogP contribution in [0.5, 0.6) is 0 Å². The molecule has 0 bridgehead atoms. The molecule has 2 rings (SSSR count). The third-order valence-corrected chi connectivity index (χ3v) is 3.46. The van der Waals surface area contributed by atoms with E-state index in [9.17, 15) is 4.79 Å². The first kappa shape index (κ1) is 13.3. The van der Waals surface area contributed by atoms with E-state index < -0.39 is 0 Å². The van der Waals surface area contributed by atoms with Gasteiger partial charge in [0.2, 0.25) is 0 Å². The molecule has 2 aromatic rings. The van der Waals surface area contributed by atoms with Crippen LogP contribution in [0.15, 0.2) is 53.0 Å². The van der Waals surface area contributed by atoms with Gasteiger partial charge in [-0.1, -0.05) is 51.8 Å². The number of benzene rings is 2. The van der Waals surface area contributed by atoms with Gasteiger partial charge in [0.1, 0.15) is 0 Å². The first-order valence-electron chi connectivity index (χ1n) is 5.68. The van der Waals surface area contributed by atoms with Crippen molar-refractivity contribution in [2.75, 3.05) is 0 Å². The van der Waals surface area contributed by atoms with Gasteiger partial charge in [-0.15, -0.1) is 0 Å². The number of hydrogen-bond acceptors (Lipinski definition) is 1. The Bertz CT molecular complexity index is 549. The molecule has 3 heteroatoms. The fourth-order valence-corrected chi connectivity index (χ4v) is 2.17. The van der Waals surface area contributed by atoms with Crippen LogP contribution in [0.1, 0.15) is 22.3 Å². The summed E-state index contributed by atoms with van der Waals surface area (Å²) in [5.41, 5.74) is 1.84. The van der Waals surface area contributed by atoms with Gasteiger partial charge in [-0.05, 0) is 36.2 Å². The first-order valence-corrected chi connectivity index (χ1v) is 6.85. The summed E-state index contributed by atoms with van der Waals surface area (Å²) in [4.78, 5) is 12.0. The first-order chi connectivity index (χ1) is 8.65. The minimum atomic E-state index is 0.125. The van der Waals surface area contributed by atoms with E-state index in [0.717, 1.165) is 16.5 Å². The lowest BCUT2D eigenvalue weighted by Crippen LogP contribution is -2.00. The number of hydrogen-bond donors (Lipinski definition) is 0. The van der Waals surface area contributed by atoms with Crippen molar-refractivity contribution < 1.29 is 4.79 Å². The van der Waals surface area contributed by atoms with E-state index in [1.807, 2.05) is 24.3 Å². The third-order valence-electron chi connectivity index (χ3n) is 2.70. The van der Waals surface area contributed by atoms with Crippen LogP contribution >= 0.6 is 27.5 Å². The van der Waals surface area contributed by atoms with Gasteiger partial charge in [0, 0.05) is 21.5 Å². The Morgan fingerprint density at radius 3 is 2.50 bits per heavy atom. The number of Topliss-reactive ketones (excluding diaryl/α,β-unsaturated/α-hetero) is 1. The monoisotopic (exact) mass is 322 g/mol. The molecule has 0 aliphatic heterocycles. The lowest BCUT2D eigenvalue weighted by Gasteiger charge is -2.02. The number of aryl methyl sites for hydroxylation is 1. The van der Waals surface area contributed by atoms with Crippen LogP contribution in [0.3, 0.4) is 0 Å².